The average molecular weight is 552 g/mol. The van der Waals surface area contributed by atoms with Crippen molar-refractivity contribution in [3.05, 3.63) is 103 Å². The number of amides is 2. The van der Waals surface area contributed by atoms with Crippen molar-refractivity contribution in [1.82, 2.24) is 10.3 Å². The minimum absolute atomic E-state index is 0.0217. The van der Waals surface area contributed by atoms with Crippen LogP contribution in [0, 0.1) is 0 Å². The molecule has 0 aliphatic rings. The molecule has 12 heteroatoms. The quantitative estimate of drug-likeness (QED) is 0.245. The summed E-state index contributed by atoms with van der Waals surface area (Å²) in [6, 6.07) is 22.3. The molecule has 0 saturated heterocycles. The van der Waals surface area contributed by atoms with Crippen molar-refractivity contribution in [2.24, 2.45) is 0 Å². The van der Waals surface area contributed by atoms with E-state index in [2.05, 4.69) is 25.1 Å². The SMILES string of the molecule is CS(=O)(=O)Nc1cccc(-c2ccccc2S(=O)(=O)Nc2ccc(NC(=O)NCc3cccnc3)cc2)c1. The van der Waals surface area contributed by atoms with Crippen LogP contribution in [-0.2, 0) is 26.6 Å². The third kappa shape index (κ3) is 7.31. The second-order valence-corrected chi connectivity index (χ2v) is 11.7. The number of nitrogens with one attached hydrogen (secondary N) is 4. The van der Waals surface area contributed by atoms with Gasteiger partial charge in [0.1, 0.15) is 0 Å². The van der Waals surface area contributed by atoms with Crippen LogP contribution in [-0.4, -0.2) is 34.1 Å². The minimum Gasteiger partial charge on any atom is -0.334 e. The standard InChI is InChI=1S/C26H25N5O5S2/c1-37(33,34)30-23-8-4-7-20(16-23)24-9-2-3-10-25(24)38(35,36)31-22-13-11-21(12-14-22)29-26(32)28-18-19-6-5-15-27-17-19/h2-17,30-31H,18H2,1H3,(H2,28,29,32). The van der Waals surface area contributed by atoms with E-state index in [9.17, 15) is 21.6 Å². The van der Waals surface area contributed by atoms with E-state index in [0.29, 0.717) is 34.7 Å². The maximum absolute atomic E-state index is 13.3. The summed E-state index contributed by atoms with van der Waals surface area (Å²) in [6.45, 7) is 0.310. The zero-order chi connectivity index (χ0) is 27.2. The summed E-state index contributed by atoms with van der Waals surface area (Å²) in [7, 11) is -7.51. The van der Waals surface area contributed by atoms with Crippen molar-refractivity contribution in [3.63, 3.8) is 0 Å². The van der Waals surface area contributed by atoms with Crippen molar-refractivity contribution < 1.29 is 21.6 Å². The molecule has 2 amide bonds. The summed E-state index contributed by atoms with van der Waals surface area (Å²) < 4.78 is 54.7. The van der Waals surface area contributed by atoms with Crippen molar-refractivity contribution in [2.45, 2.75) is 11.4 Å². The Kier molecular flexibility index (Phi) is 7.93. The Morgan fingerprint density at radius 2 is 1.53 bits per heavy atom. The first-order valence-corrected chi connectivity index (χ1v) is 14.7. The minimum atomic E-state index is -4.01. The van der Waals surface area contributed by atoms with E-state index < -0.39 is 26.1 Å². The van der Waals surface area contributed by atoms with Gasteiger partial charge in [0.25, 0.3) is 10.0 Å². The summed E-state index contributed by atoms with van der Waals surface area (Å²) >= 11 is 0. The molecule has 4 N–H and O–H groups in total. The molecule has 4 aromatic rings. The molecule has 0 atom stereocenters. The number of rotatable bonds is 9. The number of nitrogens with zero attached hydrogens (tertiary/aromatic N) is 1. The van der Waals surface area contributed by atoms with Crippen LogP contribution in [0.1, 0.15) is 5.56 Å². The number of hydrogen-bond acceptors (Lipinski definition) is 6. The third-order valence-corrected chi connectivity index (χ3v) is 7.27. The largest absolute Gasteiger partial charge is 0.334 e. The molecule has 0 spiro atoms. The van der Waals surface area contributed by atoms with Crippen molar-refractivity contribution in [1.29, 1.82) is 0 Å². The number of urea groups is 1. The topological polar surface area (TPSA) is 146 Å². The third-order valence-electron chi connectivity index (χ3n) is 5.22. The molecule has 0 aliphatic heterocycles. The molecule has 0 aliphatic carbocycles. The number of carbonyl (C=O) groups is 1. The van der Waals surface area contributed by atoms with Crippen molar-refractivity contribution >= 4 is 43.1 Å². The van der Waals surface area contributed by atoms with E-state index in [1.54, 1.807) is 73.1 Å². The summed E-state index contributed by atoms with van der Waals surface area (Å²) in [6.07, 6.45) is 4.34. The number of benzene rings is 3. The van der Waals surface area contributed by atoms with Crippen LogP contribution in [0.25, 0.3) is 11.1 Å². The lowest BCUT2D eigenvalue weighted by atomic mass is 10.1. The number of hydrogen-bond donors (Lipinski definition) is 4. The zero-order valence-electron chi connectivity index (χ0n) is 20.2. The Balaban J connectivity index is 1.46. The number of carbonyl (C=O) groups excluding carboxylic acids is 1. The molecule has 38 heavy (non-hydrogen) atoms. The first kappa shape index (κ1) is 26.6. The highest BCUT2D eigenvalue weighted by molar-refractivity contribution is 7.93. The first-order chi connectivity index (χ1) is 18.1. The number of anilines is 3. The second kappa shape index (κ2) is 11.3. The molecular weight excluding hydrogens is 526 g/mol. The van der Waals surface area contributed by atoms with Crippen molar-refractivity contribution in [2.75, 3.05) is 21.0 Å². The monoisotopic (exact) mass is 551 g/mol. The van der Waals surface area contributed by atoms with Crippen LogP contribution in [0.4, 0.5) is 21.9 Å². The van der Waals surface area contributed by atoms with E-state index >= 15 is 0 Å². The molecule has 1 aromatic heterocycles. The fourth-order valence-electron chi connectivity index (χ4n) is 3.60. The van der Waals surface area contributed by atoms with Gasteiger partial charge < -0.3 is 10.6 Å². The highest BCUT2D eigenvalue weighted by Crippen LogP contribution is 2.30. The molecule has 0 bridgehead atoms. The normalized spacial score (nSPS) is 11.4. The Labute approximate surface area is 221 Å². The van der Waals surface area contributed by atoms with E-state index in [1.807, 2.05) is 6.07 Å². The fourth-order valence-corrected chi connectivity index (χ4v) is 5.44. The van der Waals surface area contributed by atoms with Gasteiger partial charge in [-0.15, -0.1) is 0 Å². The lowest BCUT2D eigenvalue weighted by molar-refractivity contribution is 0.251. The highest BCUT2D eigenvalue weighted by atomic mass is 32.2. The maximum Gasteiger partial charge on any atom is 0.319 e. The Morgan fingerprint density at radius 3 is 2.24 bits per heavy atom. The Bertz CT molecular complexity index is 1640. The lowest BCUT2D eigenvalue weighted by Crippen LogP contribution is -2.28. The van der Waals surface area contributed by atoms with Crippen LogP contribution in [0.5, 0.6) is 0 Å². The van der Waals surface area contributed by atoms with Crippen LogP contribution >= 0.6 is 0 Å². The van der Waals surface area contributed by atoms with Gasteiger partial charge in [0, 0.05) is 41.6 Å². The van der Waals surface area contributed by atoms with Crippen LogP contribution in [0.2, 0.25) is 0 Å². The Morgan fingerprint density at radius 1 is 0.789 bits per heavy atom. The predicted molar refractivity (Wildman–Crippen MR) is 148 cm³/mol. The van der Waals surface area contributed by atoms with Gasteiger partial charge in [0.15, 0.2) is 0 Å². The highest BCUT2D eigenvalue weighted by Gasteiger charge is 2.20. The lowest BCUT2D eigenvalue weighted by Gasteiger charge is -2.14. The molecule has 0 unspecified atom stereocenters. The number of sulfonamides is 2. The van der Waals surface area contributed by atoms with Gasteiger partial charge in [-0.05, 0) is 59.7 Å². The van der Waals surface area contributed by atoms with E-state index in [0.717, 1.165) is 11.8 Å². The first-order valence-electron chi connectivity index (χ1n) is 11.3. The van der Waals surface area contributed by atoms with Crippen molar-refractivity contribution in [3.8, 4) is 11.1 Å². The predicted octanol–water partition coefficient (Wildman–Crippen LogP) is 4.24. The summed E-state index contributed by atoms with van der Waals surface area (Å²) in [5, 5.41) is 5.41. The van der Waals surface area contributed by atoms with Gasteiger partial charge in [-0.1, -0.05) is 36.4 Å². The van der Waals surface area contributed by atoms with Crippen LogP contribution in [0.15, 0.2) is 102 Å². The molecule has 0 fully saturated rings. The average Bonchev–Trinajstić information content (AvgIpc) is 2.88. The number of aromatic nitrogens is 1. The Hall–Kier alpha value is -4.42. The molecule has 1 heterocycles. The smallest absolute Gasteiger partial charge is 0.319 e. The van der Waals surface area contributed by atoms with E-state index in [4.69, 9.17) is 0 Å². The van der Waals surface area contributed by atoms with E-state index in [-0.39, 0.29) is 4.90 Å². The maximum atomic E-state index is 13.3. The molecule has 3 aromatic carbocycles. The van der Waals surface area contributed by atoms with Gasteiger partial charge in [0.05, 0.1) is 11.2 Å². The van der Waals surface area contributed by atoms with Gasteiger partial charge >= 0.3 is 6.03 Å². The number of pyridine rings is 1. The van der Waals surface area contributed by atoms with Crippen LogP contribution in [0.3, 0.4) is 0 Å². The molecule has 4 rings (SSSR count). The van der Waals surface area contributed by atoms with Crippen LogP contribution < -0.4 is 20.1 Å². The molecule has 0 saturated carbocycles. The molecular formula is C26H25N5O5S2. The summed E-state index contributed by atoms with van der Waals surface area (Å²) in [5.41, 5.74) is 2.88. The van der Waals surface area contributed by atoms with E-state index in [1.165, 1.54) is 18.2 Å². The van der Waals surface area contributed by atoms with Gasteiger partial charge in [-0.25, -0.2) is 21.6 Å². The summed E-state index contributed by atoms with van der Waals surface area (Å²) in [5.74, 6) is 0. The van der Waals surface area contributed by atoms with Gasteiger partial charge in [-0.3, -0.25) is 14.4 Å². The fraction of sp³-hybridized carbons (Fsp3) is 0.0769. The van der Waals surface area contributed by atoms with Gasteiger partial charge in [-0.2, -0.15) is 0 Å². The van der Waals surface area contributed by atoms with Gasteiger partial charge in [0.2, 0.25) is 10.0 Å². The zero-order valence-corrected chi connectivity index (χ0v) is 21.9. The molecule has 0 radical (unpaired) electrons. The molecule has 196 valence electrons. The second-order valence-electron chi connectivity index (χ2n) is 8.30. The summed E-state index contributed by atoms with van der Waals surface area (Å²) in [4.78, 5) is 16.2. The molecule has 10 nitrogen and oxygen atoms in total.